The van der Waals surface area contributed by atoms with Crippen molar-refractivity contribution in [1.29, 1.82) is 0 Å². The van der Waals surface area contributed by atoms with Gasteiger partial charge in [0.15, 0.2) is 6.10 Å². The Hall–Kier alpha value is -2.14. The van der Waals surface area contributed by atoms with E-state index in [0.29, 0.717) is 21.3 Å². The van der Waals surface area contributed by atoms with E-state index in [2.05, 4.69) is 15.9 Å². The maximum absolute atomic E-state index is 12.3. The fourth-order valence-corrected chi connectivity index (χ4v) is 2.43. The van der Waals surface area contributed by atoms with Crippen LogP contribution in [0.2, 0.25) is 0 Å². The van der Waals surface area contributed by atoms with Crippen LogP contribution in [-0.4, -0.2) is 25.0 Å². The Balaban J connectivity index is 2.13. The van der Waals surface area contributed by atoms with Crippen LogP contribution in [0.1, 0.15) is 33.2 Å². The number of Topliss-reactive ketones (excluding diaryl/α,β-unsaturated/α-hetero) is 1. The van der Waals surface area contributed by atoms with Crippen molar-refractivity contribution in [3.8, 4) is 5.75 Å². The van der Waals surface area contributed by atoms with Gasteiger partial charge in [0.25, 0.3) is 0 Å². The molecule has 1 unspecified atom stereocenters. The number of esters is 1. The van der Waals surface area contributed by atoms with Gasteiger partial charge in [0.05, 0.1) is 12.7 Å². The molecule has 0 bridgehead atoms. The molecule has 0 aliphatic heterocycles. The summed E-state index contributed by atoms with van der Waals surface area (Å²) in [5.41, 5.74) is 1.89. The van der Waals surface area contributed by atoms with E-state index in [1.54, 1.807) is 37.3 Å². The molecule has 0 aliphatic carbocycles. The highest BCUT2D eigenvalue weighted by atomic mass is 79.9. The molecule has 2 aromatic carbocycles. The smallest absolute Gasteiger partial charge is 0.340 e. The molecule has 0 aliphatic rings. The summed E-state index contributed by atoms with van der Waals surface area (Å²) in [5, 5.41) is 0. The minimum absolute atomic E-state index is 0.239. The summed E-state index contributed by atoms with van der Waals surface area (Å²) in [5.74, 6) is -0.279. The summed E-state index contributed by atoms with van der Waals surface area (Å²) < 4.78 is 11.0. The van der Waals surface area contributed by atoms with E-state index in [0.717, 1.165) is 5.56 Å². The van der Waals surface area contributed by atoms with Gasteiger partial charge in [0, 0.05) is 10.0 Å². The van der Waals surface area contributed by atoms with Gasteiger partial charge >= 0.3 is 5.97 Å². The molecular weight excluding hydrogens is 360 g/mol. The highest BCUT2D eigenvalue weighted by molar-refractivity contribution is 9.10. The fraction of sp³-hybridized carbons (Fsp3) is 0.222. The highest BCUT2D eigenvalue weighted by Crippen LogP contribution is 2.24. The molecule has 0 saturated heterocycles. The average Bonchev–Trinajstić information content (AvgIpc) is 2.55. The lowest BCUT2D eigenvalue weighted by Crippen LogP contribution is -2.24. The molecule has 0 radical (unpaired) electrons. The Kier molecular flexibility index (Phi) is 5.55. The van der Waals surface area contributed by atoms with Gasteiger partial charge in [-0.05, 0) is 48.0 Å². The van der Waals surface area contributed by atoms with Crippen molar-refractivity contribution >= 4 is 27.7 Å². The van der Waals surface area contributed by atoms with Crippen molar-refractivity contribution < 1.29 is 19.1 Å². The molecule has 2 rings (SSSR count). The Bertz CT molecular complexity index is 722. The second-order valence-corrected chi connectivity index (χ2v) is 5.98. The predicted octanol–water partition coefficient (Wildman–Crippen LogP) is 4.19. The number of ketones is 1. The lowest BCUT2D eigenvalue weighted by molar-refractivity contribution is 0.0317. The number of ether oxygens (including phenoxy) is 2. The largest absolute Gasteiger partial charge is 0.497 e. The molecule has 2 aromatic rings. The van der Waals surface area contributed by atoms with E-state index in [-0.39, 0.29) is 5.78 Å². The highest BCUT2D eigenvalue weighted by Gasteiger charge is 2.22. The molecule has 1 atom stereocenters. The maximum Gasteiger partial charge on any atom is 0.340 e. The lowest BCUT2D eigenvalue weighted by Gasteiger charge is -2.14. The molecule has 0 amide bonds. The zero-order valence-electron chi connectivity index (χ0n) is 13.1. The average molecular weight is 377 g/mol. The van der Waals surface area contributed by atoms with Crippen LogP contribution in [0.25, 0.3) is 0 Å². The van der Waals surface area contributed by atoms with Crippen molar-refractivity contribution in [3.05, 3.63) is 63.6 Å². The minimum Gasteiger partial charge on any atom is -0.497 e. The molecule has 0 saturated carbocycles. The van der Waals surface area contributed by atoms with Crippen LogP contribution in [0.5, 0.6) is 5.75 Å². The van der Waals surface area contributed by atoms with Gasteiger partial charge in [0.1, 0.15) is 5.75 Å². The topological polar surface area (TPSA) is 52.6 Å². The van der Waals surface area contributed by atoms with Gasteiger partial charge in [-0.2, -0.15) is 0 Å². The lowest BCUT2D eigenvalue weighted by atomic mass is 10.1. The minimum atomic E-state index is -0.872. The van der Waals surface area contributed by atoms with E-state index >= 15 is 0 Å². The first-order valence-corrected chi connectivity index (χ1v) is 7.87. The van der Waals surface area contributed by atoms with Gasteiger partial charge in [-0.15, -0.1) is 0 Å². The second-order valence-electron chi connectivity index (χ2n) is 5.12. The molecule has 120 valence electrons. The third-order valence-electron chi connectivity index (χ3n) is 3.38. The van der Waals surface area contributed by atoms with E-state index in [1.165, 1.54) is 7.11 Å². The molecule has 4 nitrogen and oxygen atoms in total. The fourth-order valence-electron chi connectivity index (χ4n) is 2.02. The number of carbonyl (C=O) groups is 2. The number of halogens is 1. The van der Waals surface area contributed by atoms with E-state index in [1.807, 2.05) is 19.1 Å². The number of hydrogen-bond acceptors (Lipinski definition) is 4. The number of carbonyl (C=O) groups excluding carboxylic acids is 2. The molecule has 0 spiro atoms. The van der Waals surface area contributed by atoms with Crippen LogP contribution in [0.15, 0.2) is 46.9 Å². The van der Waals surface area contributed by atoms with Crippen LogP contribution in [0.3, 0.4) is 0 Å². The summed E-state index contributed by atoms with van der Waals surface area (Å²) >= 11 is 3.30. The van der Waals surface area contributed by atoms with E-state index < -0.39 is 12.1 Å². The zero-order valence-corrected chi connectivity index (χ0v) is 14.7. The molecule has 0 fully saturated rings. The van der Waals surface area contributed by atoms with Gasteiger partial charge < -0.3 is 9.47 Å². The SMILES string of the molecule is COc1ccc(Br)c(C(=O)OC(C)C(=O)c2ccc(C)cc2)c1. The molecule has 23 heavy (non-hydrogen) atoms. The van der Waals surface area contributed by atoms with E-state index in [9.17, 15) is 9.59 Å². The standard InChI is InChI=1S/C18H17BrO4/c1-11-4-6-13(7-5-11)17(20)12(2)23-18(21)15-10-14(22-3)8-9-16(15)19/h4-10,12H,1-3H3. The molecule has 0 heterocycles. The quantitative estimate of drug-likeness (QED) is 0.579. The Morgan fingerprint density at radius 1 is 1.09 bits per heavy atom. The van der Waals surface area contributed by atoms with Gasteiger partial charge in [0.2, 0.25) is 5.78 Å². The summed E-state index contributed by atoms with van der Waals surface area (Å²) in [6.07, 6.45) is -0.872. The summed E-state index contributed by atoms with van der Waals surface area (Å²) in [7, 11) is 1.52. The van der Waals surface area contributed by atoms with Gasteiger partial charge in [-0.1, -0.05) is 29.8 Å². The van der Waals surface area contributed by atoms with Crippen molar-refractivity contribution in [1.82, 2.24) is 0 Å². The summed E-state index contributed by atoms with van der Waals surface area (Å²) in [6, 6.07) is 12.1. The van der Waals surface area contributed by atoms with Crippen LogP contribution >= 0.6 is 15.9 Å². The van der Waals surface area contributed by atoms with Crippen LogP contribution in [-0.2, 0) is 4.74 Å². The van der Waals surface area contributed by atoms with Crippen molar-refractivity contribution in [2.75, 3.05) is 7.11 Å². The number of methoxy groups -OCH3 is 1. The normalized spacial score (nSPS) is 11.7. The number of rotatable bonds is 5. The maximum atomic E-state index is 12.3. The number of aryl methyl sites for hydroxylation is 1. The van der Waals surface area contributed by atoms with Crippen molar-refractivity contribution in [2.24, 2.45) is 0 Å². The van der Waals surface area contributed by atoms with Gasteiger partial charge in [-0.3, -0.25) is 4.79 Å². The zero-order chi connectivity index (χ0) is 17.0. The van der Waals surface area contributed by atoms with Crippen molar-refractivity contribution in [2.45, 2.75) is 20.0 Å². The van der Waals surface area contributed by atoms with Gasteiger partial charge in [-0.25, -0.2) is 4.79 Å². The van der Waals surface area contributed by atoms with Crippen molar-refractivity contribution in [3.63, 3.8) is 0 Å². The summed E-state index contributed by atoms with van der Waals surface area (Å²) in [6.45, 7) is 3.51. The van der Waals surface area contributed by atoms with E-state index in [4.69, 9.17) is 9.47 Å². The monoisotopic (exact) mass is 376 g/mol. The molecule has 0 aromatic heterocycles. The Labute approximate surface area is 143 Å². The summed E-state index contributed by atoms with van der Waals surface area (Å²) in [4.78, 5) is 24.6. The molecule has 0 N–H and O–H groups in total. The van der Waals surface area contributed by atoms with Crippen LogP contribution in [0, 0.1) is 6.92 Å². The molecule has 5 heteroatoms. The third kappa shape index (κ3) is 4.20. The predicted molar refractivity (Wildman–Crippen MR) is 91.1 cm³/mol. The van der Waals surface area contributed by atoms with Crippen LogP contribution < -0.4 is 4.74 Å². The first kappa shape index (κ1) is 17.2. The second kappa shape index (κ2) is 7.42. The Morgan fingerprint density at radius 3 is 2.35 bits per heavy atom. The Morgan fingerprint density at radius 2 is 1.74 bits per heavy atom. The number of hydrogen-bond donors (Lipinski definition) is 0. The molecular formula is C18H17BrO4. The van der Waals surface area contributed by atoms with Crippen LogP contribution in [0.4, 0.5) is 0 Å². The first-order chi connectivity index (χ1) is 10.9. The number of benzene rings is 2. The first-order valence-electron chi connectivity index (χ1n) is 7.07. The third-order valence-corrected chi connectivity index (χ3v) is 4.07.